The SMILES string of the molecule is N#Cc1cccn2cc(C(F)(F)F)nc12. The average molecular weight is 211 g/mol. The number of pyridine rings is 1. The van der Waals surface area contributed by atoms with Crippen molar-refractivity contribution in [1.29, 1.82) is 5.26 Å². The van der Waals surface area contributed by atoms with Crippen molar-refractivity contribution in [1.82, 2.24) is 9.38 Å². The number of hydrogen-bond acceptors (Lipinski definition) is 2. The molecule has 15 heavy (non-hydrogen) atoms. The van der Waals surface area contributed by atoms with Crippen molar-refractivity contribution in [2.75, 3.05) is 0 Å². The van der Waals surface area contributed by atoms with Gasteiger partial charge in [0.25, 0.3) is 0 Å². The Bertz CT molecular complexity index is 548. The fourth-order valence-corrected chi connectivity index (χ4v) is 1.24. The fraction of sp³-hybridized carbons (Fsp3) is 0.111. The van der Waals surface area contributed by atoms with Gasteiger partial charge in [0, 0.05) is 12.4 Å². The van der Waals surface area contributed by atoms with Crippen LogP contribution in [0.1, 0.15) is 11.3 Å². The lowest BCUT2D eigenvalue weighted by molar-refractivity contribution is -0.140. The molecule has 2 heterocycles. The van der Waals surface area contributed by atoms with Crippen molar-refractivity contribution in [3.05, 3.63) is 35.8 Å². The van der Waals surface area contributed by atoms with Crippen molar-refractivity contribution >= 4 is 5.65 Å². The maximum atomic E-state index is 12.3. The van der Waals surface area contributed by atoms with Crippen LogP contribution >= 0.6 is 0 Å². The quantitative estimate of drug-likeness (QED) is 0.670. The van der Waals surface area contributed by atoms with E-state index in [4.69, 9.17) is 5.26 Å². The zero-order valence-corrected chi connectivity index (χ0v) is 7.28. The third-order valence-electron chi connectivity index (χ3n) is 1.89. The monoisotopic (exact) mass is 211 g/mol. The molecule has 0 aromatic carbocycles. The summed E-state index contributed by atoms with van der Waals surface area (Å²) < 4.78 is 38.1. The van der Waals surface area contributed by atoms with Crippen LogP contribution in [-0.4, -0.2) is 9.38 Å². The van der Waals surface area contributed by atoms with Crippen molar-refractivity contribution in [2.24, 2.45) is 0 Å². The highest BCUT2D eigenvalue weighted by molar-refractivity contribution is 5.55. The molecule has 0 fully saturated rings. The number of nitriles is 1. The minimum Gasteiger partial charge on any atom is -0.305 e. The summed E-state index contributed by atoms with van der Waals surface area (Å²) in [6.07, 6.45) is -2.21. The summed E-state index contributed by atoms with van der Waals surface area (Å²) in [5, 5.41) is 8.66. The standard InChI is InChI=1S/C9H4F3N3/c10-9(11,12)7-5-15-3-1-2-6(4-13)8(15)14-7/h1-3,5H. The van der Waals surface area contributed by atoms with Gasteiger partial charge in [0.15, 0.2) is 11.3 Å². The Morgan fingerprint density at radius 2 is 2.13 bits per heavy atom. The Morgan fingerprint density at radius 1 is 1.40 bits per heavy atom. The molecule has 76 valence electrons. The van der Waals surface area contributed by atoms with Crippen molar-refractivity contribution < 1.29 is 13.2 Å². The normalized spacial score (nSPS) is 11.6. The van der Waals surface area contributed by atoms with E-state index in [2.05, 4.69) is 4.98 Å². The van der Waals surface area contributed by atoms with Gasteiger partial charge in [-0.05, 0) is 12.1 Å². The number of halogens is 3. The van der Waals surface area contributed by atoms with E-state index in [-0.39, 0.29) is 11.2 Å². The molecule has 0 aliphatic heterocycles. The summed E-state index contributed by atoms with van der Waals surface area (Å²) in [5.41, 5.74) is -0.856. The van der Waals surface area contributed by atoms with Crippen molar-refractivity contribution in [2.45, 2.75) is 6.18 Å². The molecule has 0 aliphatic rings. The molecule has 0 saturated heterocycles. The third-order valence-corrected chi connectivity index (χ3v) is 1.89. The van der Waals surface area contributed by atoms with Crippen LogP contribution in [0, 0.1) is 11.3 Å². The molecule has 0 unspecified atom stereocenters. The van der Waals surface area contributed by atoms with Gasteiger partial charge < -0.3 is 4.40 Å². The van der Waals surface area contributed by atoms with Gasteiger partial charge in [-0.2, -0.15) is 18.4 Å². The van der Waals surface area contributed by atoms with E-state index in [0.717, 1.165) is 6.20 Å². The first-order valence-corrected chi connectivity index (χ1v) is 3.97. The fourth-order valence-electron chi connectivity index (χ4n) is 1.24. The molecule has 0 N–H and O–H groups in total. The zero-order valence-electron chi connectivity index (χ0n) is 7.28. The molecular weight excluding hydrogens is 207 g/mol. The van der Waals surface area contributed by atoms with Gasteiger partial charge in [-0.3, -0.25) is 0 Å². The minimum atomic E-state index is -4.49. The number of imidazole rings is 1. The molecule has 0 aliphatic carbocycles. The van der Waals surface area contributed by atoms with Crippen LogP contribution < -0.4 is 0 Å². The maximum absolute atomic E-state index is 12.3. The summed E-state index contributed by atoms with van der Waals surface area (Å²) in [6, 6.07) is 4.70. The van der Waals surface area contributed by atoms with Crippen LogP contribution in [0.4, 0.5) is 13.2 Å². The third kappa shape index (κ3) is 1.52. The van der Waals surface area contributed by atoms with E-state index in [1.54, 1.807) is 6.07 Å². The second-order valence-corrected chi connectivity index (χ2v) is 2.89. The second kappa shape index (κ2) is 2.98. The van der Waals surface area contributed by atoms with Crippen LogP contribution in [0.15, 0.2) is 24.5 Å². The van der Waals surface area contributed by atoms with Gasteiger partial charge >= 0.3 is 6.18 Å². The molecule has 2 aromatic rings. The van der Waals surface area contributed by atoms with Crippen LogP contribution in [0.25, 0.3) is 5.65 Å². The van der Waals surface area contributed by atoms with E-state index < -0.39 is 11.9 Å². The highest BCUT2D eigenvalue weighted by atomic mass is 19.4. The molecule has 0 amide bonds. The Labute approximate surface area is 82.4 Å². The second-order valence-electron chi connectivity index (χ2n) is 2.89. The van der Waals surface area contributed by atoms with Crippen molar-refractivity contribution in [3.63, 3.8) is 0 Å². The molecule has 0 radical (unpaired) electrons. The maximum Gasteiger partial charge on any atom is 0.434 e. The van der Waals surface area contributed by atoms with Gasteiger partial charge in [0.2, 0.25) is 0 Å². The number of rotatable bonds is 0. The van der Waals surface area contributed by atoms with Crippen LogP contribution in [0.3, 0.4) is 0 Å². The number of aromatic nitrogens is 2. The van der Waals surface area contributed by atoms with E-state index in [1.807, 2.05) is 0 Å². The molecule has 3 nitrogen and oxygen atoms in total. The molecule has 0 saturated carbocycles. The highest BCUT2D eigenvalue weighted by Crippen LogP contribution is 2.28. The van der Waals surface area contributed by atoms with Crippen LogP contribution in [0.5, 0.6) is 0 Å². The number of nitrogens with zero attached hydrogens (tertiary/aromatic N) is 3. The topological polar surface area (TPSA) is 41.1 Å². The largest absolute Gasteiger partial charge is 0.434 e. The highest BCUT2D eigenvalue weighted by Gasteiger charge is 2.34. The Kier molecular flexibility index (Phi) is 1.89. The predicted octanol–water partition coefficient (Wildman–Crippen LogP) is 2.22. The van der Waals surface area contributed by atoms with Gasteiger partial charge in [-0.1, -0.05) is 0 Å². The number of fused-ring (bicyclic) bond motifs is 1. The Morgan fingerprint density at radius 3 is 2.73 bits per heavy atom. The van der Waals surface area contributed by atoms with Gasteiger partial charge in [0.1, 0.15) is 6.07 Å². The number of alkyl halides is 3. The van der Waals surface area contributed by atoms with Gasteiger partial charge in [0.05, 0.1) is 5.56 Å². The molecular formula is C9H4F3N3. The summed E-state index contributed by atoms with van der Waals surface area (Å²) >= 11 is 0. The number of hydrogen-bond donors (Lipinski definition) is 0. The summed E-state index contributed by atoms with van der Waals surface area (Å²) in [6.45, 7) is 0. The predicted molar refractivity (Wildman–Crippen MR) is 44.9 cm³/mol. The molecule has 6 heteroatoms. The first-order valence-electron chi connectivity index (χ1n) is 3.97. The Balaban J connectivity index is 2.72. The average Bonchev–Trinajstić information content (AvgIpc) is 2.59. The van der Waals surface area contributed by atoms with E-state index in [1.165, 1.54) is 22.7 Å². The lowest BCUT2D eigenvalue weighted by Crippen LogP contribution is -2.04. The van der Waals surface area contributed by atoms with Crippen molar-refractivity contribution in [3.8, 4) is 6.07 Å². The van der Waals surface area contributed by atoms with Crippen LogP contribution in [0.2, 0.25) is 0 Å². The van der Waals surface area contributed by atoms with E-state index in [0.29, 0.717) is 0 Å². The minimum absolute atomic E-state index is 0.0207. The summed E-state index contributed by atoms with van der Waals surface area (Å²) in [7, 11) is 0. The first kappa shape index (κ1) is 9.52. The molecule has 0 spiro atoms. The summed E-state index contributed by atoms with van der Waals surface area (Å²) in [5.74, 6) is 0. The Hall–Kier alpha value is -2.03. The first-order chi connectivity index (χ1) is 7.02. The van der Waals surface area contributed by atoms with Gasteiger partial charge in [-0.15, -0.1) is 0 Å². The smallest absolute Gasteiger partial charge is 0.305 e. The molecule has 2 rings (SSSR count). The summed E-state index contributed by atoms with van der Waals surface area (Å²) in [4.78, 5) is 3.37. The zero-order chi connectivity index (χ0) is 11.1. The lowest BCUT2D eigenvalue weighted by Gasteiger charge is -1.98. The van der Waals surface area contributed by atoms with Gasteiger partial charge in [-0.25, -0.2) is 4.98 Å². The van der Waals surface area contributed by atoms with E-state index in [9.17, 15) is 13.2 Å². The lowest BCUT2D eigenvalue weighted by atomic mass is 10.3. The molecule has 2 aromatic heterocycles. The van der Waals surface area contributed by atoms with E-state index >= 15 is 0 Å². The van der Waals surface area contributed by atoms with Crippen LogP contribution in [-0.2, 0) is 6.18 Å². The molecule has 0 atom stereocenters. The molecule has 0 bridgehead atoms.